The first-order valence-electron chi connectivity index (χ1n) is 9.00. The zero-order valence-corrected chi connectivity index (χ0v) is 20.4. The van der Waals surface area contributed by atoms with Gasteiger partial charge in [-0.1, -0.05) is 0 Å². The van der Waals surface area contributed by atoms with Crippen LogP contribution in [-0.2, 0) is 4.57 Å². The van der Waals surface area contributed by atoms with Crippen LogP contribution in [0.25, 0.3) is 0 Å². The van der Waals surface area contributed by atoms with Crippen molar-refractivity contribution in [3.05, 3.63) is 54.6 Å². The molecule has 0 heterocycles. The van der Waals surface area contributed by atoms with Gasteiger partial charge in [0, 0.05) is 0 Å². The number of benzene rings is 2. The molecule has 0 saturated carbocycles. The van der Waals surface area contributed by atoms with Gasteiger partial charge in [-0.15, -0.1) is 0 Å². The molecule has 2 atom stereocenters. The minimum atomic E-state index is -2.91. The fourth-order valence-corrected chi connectivity index (χ4v) is 13.3. The first-order chi connectivity index (χ1) is 11.5. The molecular formula is C21H32NOPSn. The first-order valence-corrected chi connectivity index (χ1v) is 20.7. The second-order valence-electron chi connectivity index (χ2n) is 8.93. The van der Waals surface area contributed by atoms with Crippen molar-refractivity contribution in [3.63, 3.8) is 0 Å². The van der Waals surface area contributed by atoms with Crippen LogP contribution in [0.5, 0.6) is 0 Å². The predicted octanol–water partition coefficient (Wildman–Crippen LogP) is 4.48. The molecule has 0 fully saturated rings. The Balaban J connectivity index is 2.68. The maximum absolute atomic E-state index is 14.5. The van der Waals surface area contributed by atoms with Gasteiger partial charge in [-0.05, 0) is 0 Å². The molecule has 2 unspecified atom stereocenters. The molecule has 4 heteroatoms. The van der Waals surface area contributed by atoms with Crippen LogP contribution < -0.4 is 19.3 Å². The van der Waals surface area contributed by atoms with E-state index >= 15 is 0 Å². The molecule has 0 aromatic heterocycles. The Morgan fingerprint density at radius 1 is 0.920 bits per heavy atom. The topological polar surface area (TPSA) is 29.1 Å². The molecular weight excluding hydrogens is 432 g/mol. The molecule has 2 rings (SSSR count). The first kappa shape index (κ1) is 20.7. The molecule has 2 aromatic rings. The van der Waals surface area contributed by atoms with Crippen LogP contribution in [0, 0.1) is 5.41 Å². The summed E-state index contributed by atoms with van der Waals surface area (Å²) in [5.74, 6) is 0. The van der Waals surface area contributed by atoms with Gasteiger partial charge in [-0.25, -0.2) is 0 Å². The maximum atomic E-state index is 14.5. The van der Waals surface area contributed by atoms with Crippen molar-refractivity contribution in [2.45, 2.75) is 48.6 Å². The van der Waals surface area contributed by atoms with Crippen molar-refractivity contribution >= 4 is 39.9 Å². The summed E-state index contributed by atoms with van der Waals surface area (Å²) < 4.78 is 15.8. The molecule has 0 amide bonds. The number of nitrogens with one attached hydrogen (secondary N) is 1. The van der Waals surface area contributed by atoms with Crippen molar-refractivity contribution in [1.82, 2.24) is 5.09 Å². The summed E-state index contributed by atoms with van der Waals surface area (Å²) in [6.07, 6.45) is 0. The Morgan fingerprint density at radius 3 is 1.96 bits per heavy atom. The molecule has 0 aliphatic heterocycles. The Labute approximate surface area is 157 Å². The van der Waals surface area contributed by atoms with E-state index in [-0.39, 0.29) is 11.5 Å². The van der Waals surface area contributed by atoms with Crippen molar-refractivity contribution in [3.8, 4) is 0 Å². The molecule has 0 aliphatic rings. The zero-order chi connectivity index (χ0) is 18.9. The van der Waals surface area contributed by atoms with Crippen LogP contribution in [0.15, 0.2) is 54.6 Å². The molecule has 136 valence electrons. The number of rotatable bonds is 5. The standard InChI is InChI=1S/C18H23NOP.3CH3.Sn/c1-15(18(2,3)4)19-21(20,16-11-7-5-8-12-16)17-13-9-6-10-14-17;;;;/h5-13,15H,1-4H3,(H,19,20);3*1H3;. The van der Waals surface area contributed by atoms with Crippen molar-refractivity contribution in [2.75, 3.05) is 0 Å². The van der Waals surface area contributed by atoms with Gasteiger partial charge in [-0.2, -0.15) is 0 Å². The van der Waals surface area contributed by atoms with Gasteiger partial charge < -0.3 is 0 Å². The van der Waals surface area contributed by atoms with Crippen LogP contribution in [-0.4, -0.2) is 24.4 Å². The van der Waals surface area contributed by atoms with E-state index in [1.54, 1.807) is 0 Å². The van der Waals surface area contributed by atoms with Crippen LogP contribution in [0.3, 0.4) is 0 Å². The van der Waals surface area contributed by atoms with E-state index in [1.165, 1.54) is 3.58 Å². The third-order valence-corrected chi connectivity index (χ3v) is 14.1. The summed E-state index contributed by atoms with van der Waals surface area (Å²) in [7, 11) is -2.91. The summed E-state index contributed by atoms with van der Waals surface area (Å²) >= 11 is -2.43. The Kier molecular flexibility index (Phi) is 6.29. The zero-order valence-electron chi connectivity index (χ0n) is 16.6. The summed E-state index contributed by atoms with van der Waals surface area (Å²) in [6.45, 7) is 8.71. The monoisotopic (exact) mass is 465 g/mol. The average molecular weight is 464 g/mol. The van der Waals surface area contributed by atoms with Gasteiger partial charge in [-0.3, -0.25) is 0 Å². The van der Waals surface area contributed by atoms with Crippen molar-refractivity contribution in [1.29, 1.82) is 0 Å². The molecule has 25 heavy (non-hydrogen) atoms. The third kappa shape index (κ3) is 4.78. The third-order valence-electron chi connectivity index (χ3n) is 4.85. The second kappa shape index (κ2) is 7.58. The van der Waals surface area contributed by atoms with E-state index in [0.29, 0.717) is 0 Å². The number of hydrogen-bond acceptors (Lipinski definition) is 1. The Hall–Kier alpha value is -0.571. The van der Waals surface area contributed by atoms with E-state index in [9.17, 15) is 4.57 Å². The van der Waals surface area contributed by atoms with Gasteiger partial charge in [0.15, 0.2) is 0 Å². The van der Waals surface area contributed by atoms with E-state index in [0.717, 1.165) is 10.6 Å². The molecule has 1 N–H and O–H groups in total. The van der Waals surface area contributed by atoms with Crippen LogP contribution in [0.2, 0.25) is 14.8 Å². The van der Waals surface area contributed by atoms with E-state index in [1.807, 2.05) is 36.4 Å². The molecule has 2 aromatic carbocycles. The minimum absolute atomic E-state index is 0.0321. The quantitative estimate of drug-likeness (QED) is 0.523. The van der Waals surface area contributed by atoms with E-state index < -0.39 is 25.7 Å². The van der Waals surface area contributed by atoms with Crippen molar-refractivity contribution in [2.24, 2.45) is 5.41 Å². The number of hydrogen-bond donors (Lipinski definition) is 1. The summed E-state index contributed by atoms with van der Waals surface area (Å²) in [6, 6.07) is 18.5. The van der Waals surface area contributed by atoms with E-state index in [4.69, 9.17) is 0 Å². The van der Waals surface area contributed by atoms with Gasteiger partial charge >= 0.3 is 158 Å². The fourth-order valence-electron chi connectivity index (χ4n) is 2.77. The van der Waals surface area contributed by atoms with Crippen LogP contribution in [0.1, 0.15) is 27.7 Å². The molecule has 0 aliphatic carbocycles. The average Bonchev–Trinajstić information content (AvgIpc) is 2.54. The molecule has 0 saturated heterocycles. The van der Waals surface area contributed by atoms with Gasteiger partial charge in [0.2, 0.25) is 0 Å². The summed E-state index contributed by atoms with van der Waals surface area (Å²) in [5.41, 5.74) is 0.0321. The van der Waals surface area contributed by atoms with Crippen molar-refractivity contribution < 1.29 is 4.57 Å². The normalized spacial score (nSPS) is 16.3. The van der Waals surface area contributed by atoms with Crippen LogP contribution in [0.4, 0.5) is 0 Å². The second-order valence-corrected chi connectivity index (χ2v) is 25.8. The Bertz CT molecular complexity index is 759. The fraction of sp³-hybridized carbons (Fsp3) is 0.429. The predicted molar refractivity (Wildman–Crippen MR) is 115 cm³/mol. The van der Waals surface area contributed by atoms with Gasteiger partial charge in [0.25, 0.3) is 0 Å². The van der Waals surface area contributed by atoms with E-state index in [2.05, 4.69) is 65.8 Å². The van der Waals surface area contributed by atoms with Crippen LogP contribution >= 0.6 is 7.29 Å². The summed E-state index contributed by atoms with van der Waals surface area (Å²) in [4.78, 5) is 7.15. The Morgan fingerprint density at radius 2 is 1.44 bits per heavy atom. The molecule has 0 radical (unpaired) electrons. The SMILES string of the molecule is CC(NP(=O)(c1ccccc1)c1cccc[c]1[Sn]([CH3])([CH3])[CH3])C(C)(C)C. The van der Waals surface area contributed by atoms with Gasteiger partial charge in [0.1, 0.15) is 0 Å². The van der Waals surface area contributed by atoms with Gasteiger partial charge in [0.05, 0.1) is 0 Å². The molecule has 0 spiro atoms. The summed E-state index contributed by atoms with van der Waals surface area (Å²) in [5, 5.41) is 5.48. The molecule has 2 nitrogen and oxygen atoms in total. The molecule has 0 bridgehead atoms.